The lowest BCUT2D eigenvalue weighted by atomic mass is 10.2. The molecule has 0 unspecified atom stereocenters. The van der Waals surface area contributed by atoms with Crippen LogP contribution in [0.5, 0.6) is 0 Å². The molecule has 21 heavy (non-hydrogen) atoms. The molecule has 2 heterocycles. The fourth-order valence-corrected chi connectivity index (χ4v) is 2.18. The highest BCUT2D eigenvalue weighted by molar-refractivity contribution is 5.80. The van der Waals surface area contributed by atoms with Crippen molar-refractivity contribution >= 4 is 17.3 Å². The molecule has 0 aliphatic rings. The summed E-state index contributed by atoms with van der Waals surface area (Å²) in [6.07, 6.45) is 4.03. The molecule has 0 amide bonds. The molecule has 2 aromatic rings. The number of hydrogen-bond donors (Lipinski definition) is 2. The minimum absolute atomic E-state index is 0.202. The topological polar surface area (TPSA) is 105 Å². The fourth-order valence-electron chi connectivity index (χ4n) is 2.18. The fraction of sp³-hybridized carbons (Fsp3) is 0.538. The number of hydrogen-bond acceptors (Lipinski definition) is 6. The van der Waals surface area contributed by atoms with Crippen molar-refractivity contribution in [1.29, 1.82) is 0 Å². The van der Waals surface area contributed by atoms with Crippen LogP contribution in [-0.4, -0.2) is 43.7 Å². The molecule has 2 aromatic heterocycles. The summed E-state index contributed by atoms with van der Waals surface area (Å²) < 4.78 is 1.90. The van der Waals surface area contributed by atoms with E-state index in [2.05, 4.69) is 39.1 Å². The van der Waals surface area contributed by atoms with Crippen LogP contribution in [0.15, 0.2) is 17.5 Å². The van der Waals surface area contributed by atoms with E-state index >= 15 is 0 Å². The van der Waals surface area contributed by atoms with Crippen LogP contribution in [0.4, 0.5) is 5.82 Å². The van der Waals surface area contributed by atoms with Crippen molar-refractivity contribution in [2.75, 3.05) is 18.0 Å². The molecule has 0 aliphatic carbocycles. The van der Waals surface area contributed by atoms with E-state index in [1.807, 2.05) is 17.5 Å². The quantitative estimate of drug-likeness (QED) is 0.356. The maximum atomic E-state index is 8.68. The van der Waals surface area contributed by atoms with E-state index < -0.39 is 0 Å². The lowest BCUT2D eigenvalue weighted by Crippen LogP contribution is -2.32. The number of nitrogens with two attached hydrogens (primary N) is 1. The van der Waals surface area contributed by atoms with Gasteiger partial charge in [0.15, 0.2) is 5.82 Å². The Balaban J connectivity index is 2.33. The van der Waals surface area contributed by atoms with Gasteiger partial charge < -0.3 is 15.8 Å². The van der Waals surface area contributed by atoms with Crippen LogP contribution < -0.4 is 10.6 Å². The number of fused-ring (bicyclic) bond motifs is 1. The monoisotopic (exact) mass is 291 g/mol. The second-order valence-electron chi connectivity index (χ2n) is 5.37. The van der Waals surface area contributed by atoms with Crippen molar-refractivity contribution in [1.82, 2.24) is 19.6 Å². The Kier molecular flexibility index (Phi) is 4.56. The number of rotatable bonds is 6. The number of oxime groups is 1. The van der Waals surface area contributed by atoms with Crippen LogP contribution in [0.25, 0.3) is 5.65 Å². The minimum atomic E-state index is 0.202. The van der Waals surface area contributed by atoms with Gasteiger partial charge in [0, 0.05) is 31.9 Å². The zero-order valence-electron chi connectivity index (χ0n) is 12.6. The molecule has 3 N–H and O–H groups in total. The Morgan fingerprint density at radius 1 is 1.48 bits per heavy atom. The van der Waals surface area contributed by atoms with Crippen LogP contribution in [0, 0.1) is 12.8 Å². The van der Waals surface area contributed by atoms with E-state index in [4.69, 9.17) is 10.9 Å². The minimum Gasteiger partial charge on any atom is -0.409 e. The van der Waals surface area contributed by atoms with Crippen molar-refractivity contribution in [3.8, 4) is 0 Å². The van der Waals surface area contributed by atoms with E-state index in [1.165, 1.54) is 0 Å². The maximum Gasteiger partial charge on any atom is 0.203 e. The summed E-state index contributed by atoms with van der Waals surface area (Å²) >= 11 is 0. The standard InChI is InChI=1S/C13H21N7O/c1-9(2)8-19(6-4-11(14)18-21)12-13-17-16-10(3)20(13)7-5-15-12/h5,7,9,21H,4,6,8H2,1-3H3,(H2,14,18). The third-order valence-corrected chi connectivity index (χ3v) is 3.13. The Morgan fingerprint density at radius 2 is 2.24 bits per heavy atom. The van der Waals surface area contributed by atoms with Crippen molar-refractivity contribution < 1.29 is 5.21 Å². The smallest absolute Gasteiger partial charge is 0.203 e. The molecule has 8 nitrogen and oxygen atoms in total. The lowest BCUT2D eigenvalue weighted by molar-refractivity contribution is 0.317. The highest BCUT2D eigenvalue weighted by Gasteiger charge is 2.16. The van der Waals surface area contributed by atoms with Gasteiger partial charge in [-0.3, -0.25) is 4.40 Å². The van der Waals surface area contributed by atoms with Gasteiger partial charge in [0.25, 0.3) is 0 Å². The third-order valence-electron chi connectivity index (χ3n) is 3.13. The van der Waals surface area contributed by atoms with E-state index in [1.54, 1.807) is 6.20 Å². The largest absolute Gasteiger partial charge is 0.409 e. The summed E-state index contributed by atoms with van der Waals surface area (Å²) in [6, 6.07) is 0. The highest BCUT2D eigenvalue weighted by atomic mass is 16.4. The SMILES string of the molecule is Cc1nnc2c(N(CCC(N)=NO)CC(C)C)nccn12. The van der Waals surface area contributed by atoms with Gasteiger partial charge in [-0.1, -0.05) is 19.0 Å². The van der Waals surface area contributed by atoms with E-state index in [-0.39, 0.29) is 5.84 Å². The second-order valence-corrected chi connectivity index (χ2v) is 5.37. The summed E-state index contributed by atoms with van der Waals surface area (Å²) in [5.74, 6) is 2.23. The van der Waals surface area contributed by atoms with Crippen molar-refractivity contribution in [2.45, 2.75) is 27.2 Å². The Hall–Kier alpha value is -2.38. The first-order valence-corrected chi connectivity index (χ1v) is 6.90. The average Bonchev–Trinajstić information content (AvgIpc) is 2.84. The molecule has 0 bridgehead atoms. The third kappa shape index (κ3) is 3.39. The van der Waals surface area contributed by atoms with Gasteiger partial charge in [0.2, 0.25) is 5.65 Å². The first-order chi connectivity index (χ1) is 10.0. The molecule has 0 aliphatic heterocycles. The van der Waals surface area contributed by atoms with Crippen LogP contribution in [0.2, 0.25) is 0 Å². The molecule has 0 spiro atoms. The molecule has 2 rings (SSSR count). The molecule has 8 heteroatoms. The number of amidine groups is 1. The van der Waals surface area contributed by atoms with Crippen LogP contribution in [-0.2, 0) is 0 Å². The summed E-state index contributed by atoms with van der Waals surface area (Å²) in [5, 5.41) is 20.0. The molecule has 0 aromatic carbocycles. The van der Waals surface area contributed by atoms with Crippen LogP contribution in [0.3, 0.4) is 0 Å². The van der Waals surface area contributed by atoms with Gasteiger partial charge in [-0.25, -0.2) is 4.98 Å². The van der Waals surface area contributed by atoms with E-state index in [0.29, 0.717) is 18.9 Å². The zero-order valence-corrected chi connectivity index (χ0v) is 12.6. The molecule has 0 radical (unpaired) electrons. The van der Waals surface area contributed by atoms with Crippen molar-refractivity contribution in [3.63, 3.8) is 0 Å². The van der Waals surface area contributed by atoms with Crippen LogP contribution in [0.1, 0.15) is 26.1 Å². The molecular formula is C13H21N7O. The first kappa shape index (κ1) is 15.0. The van der Waals surface area contributed by atoms with Crippen molar-refractivity contribution in [3.05, 3.63) is 18.2 Å². The predicted octanol–water partition coefficient (Wildman–Crippen LogP) is 1.03. The highest BCUT2D eigenvalue weighted by Crippen LogP contribution is 2.19. The molecule has 0 fully saturated rings. The van der Waals surface area contributed by atoms with Crippen molar-refractivity contribution in [2.24, 2.45) is 16.8 Å². The average molecular weight is 291 g/mol. The summed E-state index contributed by atoms with van der Waals surface area (Å²) in [6.45, 7) is 7.56. The van der Waals surface area contributed by atoms with Crippen LogP contribution >= 0.6 is 0 Å². The van der Waals surface area contributed by atoms with Gasteiger partial charge in [-0.15, -0.1) is 10.2 Å². The van der Waals surface area contributed by atoms with Gasteiger partial charge in [0.1, 0.15) is 11.7 Å². The molecule has 0 saturated heterocycles. The second kappa shape index (κ2) is 6.38. The predicted molar refractivity (Wildman–Crippen MR) is 80.6 cm³/mol. The van der Waals surface area contributed by atoms with E-state index in [0.717, 1.165) is 23.8 Å². The Labute approximate surface area is 123 Å². The Bertz CT molecular complexity index is 634. The van der Waals surface area contributed by atoms with Gasteiger partial charge in [-0.05, 0) is 12.8 Å². The maximum absolute atomic E-state index is 8.68. The van der Waals surface area contributed by atoms with E-state index in [9.17, 15) is 0 Å². The molecule has 0 atom stereocenters. The zero-order chi connectivity index (χ0) is 15.4. The Morgan fingerprint density at radius 3 is 2.90 bits per heavy atom. The van der Waals surface area contributed by atoms with Gasteiger partial charge >= 0.3 is 0 Å². The molecule has 0 saturated carbocycles. The summed E-state index contributed by atoms with van der Waals surface area (Å²) in [4.78, 5) is 6.53. The number of nitrogens with zero attached hydrogens (tertiary/aromatic N) is 6. The number of aromatic nitrogens is 4. The molecular weight excluding hydrogens is 270 g/mol. The normalized spacial score (nSPS) is 12.3. The number of aryl methyl sites for hydroxylation is 1. The van der Waals surface area contributed by atoms with Gasteiger partial charge in [0.05, 0.1) is 0 Å². The summed E-state index contributed by atoms with van der Waals surface area (Å²) in [7, 11) is 0. The molecule has 114 valence electrons. The van der Waals surface area contributed by atoms with Gasteiger partial charge in [-0.2, -0.15) is 0 Å². The lowest BCUT2D eigenvalue weighted by Gasteiger charge is -2.25. The number of anilines is 1. The summed E-state index contributed by atoms with van der Waals surface area (Å²) in [5.41, 5.74) is 6.28. The first-order valence-electron chi connectivity index (χ1n) is 6.90.